The van der Waals surface area contributed by atoms with Crippen LogP contribution in [0.2, 0.25) is 0 Å². The van der Waals surface area contributed by atoms with Crippen LogP contribution in [0.4, 0.5) is 13.2 Å². The predicted octanol–water partition coefficient (Wildman–Crippen LogP) is 5.68. The molecule has 0 fully saturated rings. The molecule has 1 unspecified atom stereocenters. The molecule has 0 aliphatic rings. The second-order valence-corrected chi connectivity index (χ2v) is 10.1. The van der Waals surface area contributed by atoms with Gasteiger partial charge in [0.15, 0.2) is 0 Å². The zero-order valence-corrected chi connectivity index (χ0v) is 20.2. The third kappa shape index (κ3) is 5.51. The standard InChI is InChI=1S/C26H23F3N2O4S/c1-16-14-30-25-22(10-5-11-23(25)26(27,28)29)24(16)18-6-3-7-19(12-18)35-20-8-4-9-21(13-20)36(33,34)31-15-17(2)32/h3-14,17,31-32H,15H2,1-2H3. The van der Waals surface area contributed by atoms with Crippen LogP contribution in [0.1, 0.15) is 18.1 Å². The van der Waals surface area contributed by atoms with E-state index in [1.165, 1.54) is 37.4 Å². The lowest BCUT2D eigenvalue weighted by atomic mass is 9.95. The van der Waals surface area contributed by atoms with Crippen LogP contribution in [0, 0.1) is 6.92 Å². The lowest BCUT2D eigenvalue weighted by Crippen LogP contribution is -2.30. The van der Waals surface area contributed by atoms with Gasteiger partial charge >= 0.3 is 6.18 Å². The molecule has 0 aliphatic heterocycles. The van der Waals surface area contributed by atoms with Crippen molar-refractivity contribution in [1.82, 2.24) is 9.71 Å². The molecule has 4 aromatic rings. The highest BCUT2D eigenvalue weighted by molar-refractivity contribution is 7.89. The molecule has 0 saturated heterocycles. The Morgan fingerprint density at radius 3 is 2.39 bits per heavy atom. The second-order valence-electron chi connectivity index (χ2n) is 8.32. The van der Waals surface area contributed by atoms with Crippen LogP contribution >= 0.6 is 0 Å². The normalized spacial score (nSPS) is 13.1. The molecule has 36 heavy (non-hydrogen) atoms. The number of para-hydroxylation sites is 1. The minimum absolute atomic E-state index is 0.0348. The Morgan fingerprint density at radius 1 is 1.03 bits per heavy atom. The first-order valence-corrected chi connectivity index (χ1v) is 12.5. The molecule has 1 atom stereocenters. The number of sulfonamides is 1. The Labute approximate surface area is 206 Å². The Bertz CT molecular complexity index is 1520. The van der Waals surface area contributed by atoms with Crippen LogP contribution in [0.15, 0.2) is 77.8 Å². The summed E-state index contributed by atoms with van der Waals surface area (Å²) in [6.07, 6.45) is -3.98. The zero-order valence-electron chi connectivity index (χ0n) is 19.4. The van der Waals surface area contributed by atoms with Gasteiger partial charge in [-0.1, -0.05) is 30.3 Å². The average Bonchev–Trinajstić information content (AvgIpc) is 2.82. The quantitative estimate of drug-likeness (QED) is 0.330. The number of nitrogens with one attached hydrogen (secondary N) is 1. The van der Waals surface area contributed by atoms with Gasteiger partial charge in [0, 0.05) is 24.2 Å². The topological polar surface area (TPSA) is 88.5 Å². The number of aromatic nitrogens is 1. The Hall–Kier alpha value is -3.47. The zero-order chi connectivity index (χ0) is 26.1. The lowest BCUT2D eigenvalue weighted by Gasteiger charge is -2.15. The number of pyridine rings is 1. The summed E-state index contributed by atoms with van der Waals surface area (Å²) in [6.45, 7) is 3.10. The van der Waals surface area contributed by atoms with Crippen LogP contribution < -0.4 is 9.46 Å². The number of fused-ring (bicyclic) bond motifs is 1. The molecule has 0 radical (unpaired) electrons. The molecule has 188 valence electrons. The molecule has 1 heterocycles. The number of benzene rings is 3. The lowest BCUT2D eigenvalue weighted by molar-refractivity contribution is -0.136. The molecule has 1 aromatic heterocycles. The molecule has 0 spiro atoms. The van der Waals surface area contributed by atoms with Gasteiger partial charge in [-0.25, -0.2) is 13.1 Å². The van der Waals surface area contributed by atoms with Crippen LogP contribution in [-0.4, -0.2) is 31.2 Å². The van der Waals surface area contributed by atoms with Crippen LogP contribution in [-0.2, 0) is 16.2 Å². The molecule has 3 aromatic carbocycles. The van der Waals surface area contributed by atoms with E-state index in [4.69, 9.17) is 4.74 Å². The largest absolute Gasteiger partial charge is 0.457 e. The molecule has 4 rings (SSSR count). The first-order valence-electron chi connectivity index (χ1n) is 11.0. The first-order chi connectivity index (χ1) is 17.0. The number of hydrogen-bond donors (Lipinski definition) is 2. The van der Waals surface area contributed by atoms with Crippen molar-refractivity contribution in [3.63, 3.8) is 0 Å². The van der Waals surface area contributed by atoms with Crippen molar-refractivity contribution in [2.24, 2.45) is 0 Å². The fourth-order valence-corrected chi connectivity index (χ4v) is 4.96. The van der Waals surface area contributed by atoms with Gasteiger partial charge < -0.3 is 9.84 Å². The summed E-state index contributed by atoms with van der Waals surface area (Å²) >= 11 is 0. The number of aliphatic hydroxyl groups excluding tert-OH is 1. The van der Waals surface area contributed by atoms with E-state index in [-0.39, 0.29) is 22.7 Å². The number of aliphatic hydroxyl groups is 1. The number of hydrogen-bond acceptors (Lipinski definition) is 5. The van der Waals surface area contributed by atoms with E-state index in [1.807, 2.05) is 0 Å². The summed E-state index contributed by atoms with van der Waals surface area (Å²) in [4.78, 5) is 4.02. The number of nitrogens with zero attached hydrogens (tertiary/aromatic N) is 1. The molecular formula is C26H23F3N2O4S. The predicted molar refractivity (Wildman–Crippen MR) is 130 cm³/mol. The van der Waals surface area contributed by atoms with Gasteiger partial charge in [-0.3, -0.25) is 4.98 Å². The first kappa shape index (κ1) is 25.6. The Kier molecular flexibility index (Phi) is 7.03. The smallest absolute Gasteiger partial charge is 0.418 e. The van der Waals surface area contributed by atoms with E-state index in [9.17, 15) is 26.7 Å². The van der Waals surface area contributed by atoms with Crippen molar-refractivity contribution in [2.45, 2.75) is 31.0 Å². The van der Waals surface area contributed by atoms with Gasteiger partial charge in [-0.2, -0.15) is 13.2 Å². The van der Waals surface area contributed by atoms with Gasteiger partial charge in [-0.05, 0) is 60.9 Å². The third-order valence-corrected chi connectivity index (χ3v) is 6.86. The summed E-state index contributed by atoms with van der Waals surface area (Å²) in [6, 6.07) is 16.6. The average molecular weight is 517 g/mol. The fourth-order valence-electron chi connectivity index (χ4n) is 3.80. The number of alkyl halides is 3. The van der Waals surface area contributed by atoms with E-state index in [2.05, 4.69) is 9.71 Å². The highest BCUT2D eigenvalue weighted by atomic mass is 32.2. The molecule has 0 saturated carbocycles. The third-order valence-electron chi connectivity index (χ3n) is 5.44. The van der Waals surface area contributed by atoms with Gasteiger partial charge in [-0.15, -0.1) is 0 Å². The van der Waals surface area contributed by atoms with Crippen LogP contribution in [0.3, 0.4) is 0 Å². The molecule has 6 nitrogen and oxygen atoms in total. The fraction of sp³-hybridized carbons (Fsp3) is 0.192. The number of rotatable bonds is 7. The minimum Gasteiger partial charge on any atom is -0.457 e. The van der Waals surface area contributed by atoms with Crippen molar-refractivity contribution in [3.05, 3.63) is 84.1 Å². The molecule has 0 amide bonds. The van der Waals surface area contributed by atoms with Crippen molar-refractivity contribution in [2.75, 3.05) is 6.54 Å². The molecule has 0 aliphatic carbocycles. The van der Waals surface area contributed by atoms with Crippen molar-refractivity contribution in [1.29, 1.82) is 0 Å². The van der Waals surface area contributed by atoms with E-state index >= 15 is 0 Å². The van der Waals surface area contributed by atoms with E-state index in [0.717, 1.165) is 6.07 Å². The Morgan fingerprint density at radius 2 is 1.69 bits per heavy atom. The van der Waals surface area contributed by atoms with E-state index in [1.54, 1.807) is 43.3 Å². The van der Waals surface area contributed by atoms with Gasteiger partial charge in [0.05, 0.1) is 22.1 Å². The highest BCUT2D eigenvalue weighted by Gasteiger charge is 2.33. The summed E-state index contributed by atoms with van der Waals surface area (Å²) in [5, 5.41) is 9.72. The maximum absolute atomic E-state index is 13.5. The summed E-state index contributed by atoms with van der Waals surface area (Å²) < 4.78 is 73.8. The second kappa shape index (κ2) is 9.88. The molecule has 0 bridgehead atoms. The monoisotopic (exact) mass is 516 g/mol. The highest BCUT2D eigenvalue weighted by Crippen LogP contribution is 2.39. The van der Waals surface area contributed by atoms with Crippen LogP contribution in [0.5, 0.6) is 11.5 Å². The van der Waals surface area contributed by atoms with Crippen molar-refractivity contribution < 1.29 is 31.4 Å². The molecule has 2 N–H and O–H groups in total. The molecule has 10 heteroatoms. The minimum atomic E-state index is -4.54. The maximum Gasteiger partial charge on any atom is 0.418 e. The summed E-state index contributed by atoms with van der Waals surface area (Å²) in [5.41, 5.74) is 0.959. The summed E-state index contributed by atoms with van der Waals surface area (Å²) in [7, 11) is -3.86. The van der Waals surface area contributed by atoms with E-state index in [0.29, 0.717) is 27.8 Å². The van der Waals surface area contributed by atoms with Crippen LogP contribution in [0.25, 0.3) is 22.0 Å². The van der Waals surface area contributed by atoms with Gasteiger partial charge in [0.25, 0.3) is 0 Å². The number of halogens is 3. The van der Waals surface area contributed by atoms with Gasteiger partial charge in [0.1, 0.15) is 11.5 Å². The van der Waals surface area contributed by atoms with E-state index < -0.39 is 27.9 Å². The number of ether oxygens (including phenoxy) is 1. The summed E-state index contributed by atoms with van der Waals surface area (Å²) in [5.74, 6) is 0.623. The number of aryl methyl sites for hydroxylation is 1. The SMILES string of the molecule is Cc1cnc2c(C(F)(F)F)cccc2c1-c1cccc(Oc2cccc(S(=O)(=O)NCC(C)O)c2)c1. The Balaban J connectivity index is 1.70. The van der Waals surface area contributed by atoms with Crippen molar-refractivity contribution >= 4 is 20.9 Å². The van der Waals surface area contributed by atoms with Gasteiger partial charge in [0.2, 0.25) is 10.0 Å². The molecular weight excluding hydrogens is 493 g/mol. The van der Waals surface area contributed by atoms with Crippen molar-refractivity contribution in [3.8, 4) is 22.6 Å². The maximum atomic E-state index is 13.5.